The van der Waals surface area contributed by atoms with Crippen molar-refractivity contribution in [1.29, 1.82) is 0 Å². The Bertz CT molecular complexity index is 1140. The Morgan fingerprint density at radius 3 is 2.11 bits per heavy atom. The van der Waals surface area contributed by atoms with E-state index in [4.69, 9.17) is 67.7 Å². The number of esters is 1. The number of likely N-dealkylation sites (tertiary alicyclic amines) is 1. The first kappa shape index (κ1) is 29.5. The maximum absolute atomic E-state index is 12.2. The van der Waals surface area contributed by atoms with Crippen LogP contribution in [0.4, 0.5) is 0 Å². The predicted molar refractivity (Wildman–Crippen MR) is 138 cm³/mol. The molecule has 1 fully saturated rings. The average Bonchev–Trinajstić information content (AvgIpc) is 3.17. The Labute approximate surface area is 226 Å². The summed E-state index contributed by atoms with van der Waals surface area (Å²) in [4.78, 5) is 46.4. The zero-order chi connectivity index (χ0) is 27.2. The van der Waals surface area contributed by atoms with E-state index < -0.39 is 30.0 Å². The fourth-order valence-electron chi connectivity index (χ4n) is 3.17. The third-order valence-electron chi connectivity index (χ3n) is 4.95. The van der Waals surface area contributed by atoms with Gasteiger partial charge in [-0.3, -0.25) is 9.59 Å². The number of benzene rings is 2. The van der Waals surface area contributed by atoms with Crippen molar-refractivity contribution in [3.63, 3.8) is 0 Å². The van der Waals surface area contributed by atoms with Gasteiger partial charge in [-0.25, -0.2) is 9.59 Å². The van der Waals surface area contributed by atoms with Gasteiger partial charge in [-0.1, -0.05) is 59.2 Å². The maximum atomic E-state index is 12.2. The molecule has 192 valence electrons. The molecule has 0 unspecified atom stereocenters. The lowest BCUT2D eigenvalue weighted by molar-refractivity contribution is -0.147. The summed E-state index contributed by atoms with van der Waals surface area (Å²) in [7, 11) is 0. The van der Waals surface area contributed by atoms with Crippen LogP contribution in [0.3, 0.4) is 0 Å². The highest BCUT2D eigenvalue weighted by Crippen LogP contribution is 2.30. The first-order valence-electron chi connectivity index (χ1n) is 10.3. The lowest BCUT2D eigenvalue weighted by Crippen LogP contribution is -2.39. The summed E-state index contributed by atoms with van der Waals surface area (Å²) >= 11 is 22.6. The van der Waals surface area contributed by atoms with E-state index in [0.29, 0.717) is 28.4 Å². The molecule has 0 aliphatic carbocycles. The van der Waals surface area contributed by atoms with Gasteiger partial charge >= 0.3 is 17.9 Å². The summed E-state index contributed by atoms with van der Waals surface area (Å²) in [5.41, 5.74) is 6.18. The molecule has 0 saturated carbocycles. The van der Waals surface area contributed by atoms with Crippen LogP contribution in [-0.2, 0) is 20.8 Å². The number of hydrogen-bond acceptors (Lipinski definition) is 7. The minimum absolute atomic E-state index is 0.0136. The Hall–Kier alpha value is -2.76. The molecule has 0 spiro atoms. The molecule has 1 heterocycles. The molecule has 0 radical (unpaired) electrons. The molecule has 2 aromatic carbocycles. The van der Waals surface area contributed by atoms with Crippen molar-refractivity contribution in [2.24, 2.45) is 5.73 Å². The number of carbonyl (C=O) groups excluding carboxylic acids is 2. The number of rotatable bonds is 6. The normalized spacial score (nSPS) is 15.5. The van der Waals surface area contributed by atoms with Crippen LogP contribution < -0.4 is 10.5 Å². The van der Waals surface area contributed by atoms with E-state index in [2.05, 4.69) is 0 Å². The molecule has 3 rings (SSSR count). The van der Waals surface area contributed by atoms with Crippen molar-refractivity contribution >= 4 is 75.7 Å². The largest absolute Gasteiger partial charge is 0.480 e. The fourth-order valence-corrected chi connectivity index (χ4v) is 4.44. The maximum Gasteiger partial charge on any atom is 0.346 e. The van der Waals surface area contributed by atoms with Crippen LogP contribution in [0, 0.1) is 0 Å². The fraction of sp³-hybridized carbons (Fsp3) is 0.261. The summed E-state index contributed by atoms with van der Waals surface area (Å²) < 4.78 is 5.21. The van der Waals surface area contributed by atoms with Crippen LogP contribution in [0.15, 0.2) is 36.4 Å². The Kier molecular flexibility index (Phi) is 10.6. The number of ether oxygens (including phenoxy) is 1. The summed E-state index contributed by atoms with van der Waals surface area (Å²) in [6.45, 7) is 1.66. The second kappa shape index (κ2) is 13.0. The van der Waals surface area contributed by atoms with E-state index in [1.165, 1.54) is 36.1 Å². The predicted octanol–water partition coefficient (Wildman–Crippen LogP) is 3.88. The number of halogens is 3. The van der Waals surface area contributed by atoms with Gasteiger partial charge in [0.1, 0.15) is 17.8 Å². The molecule has 1 amide bonds. The number of carboxylic acids is 2. The second-order valence-electron chi connectivity index (χ2n) is 7.67. The van der Waals surface area contributed by atoms with E-state index in [1.54, 1.807) is 12.1 Å². The first-order valence-corrected chi connectivity index (χ1v) is 11.8. The van der Waals surface area contributed by atoms with Crippen molar-refractivity contribution in [2.75, 3.05) is 6.54 Å². The molecule has 4 N–H and O–H groups in total. The number of nitrogens with zero attached hydrogens (tertiary/aromatic N) is 1. The van der Waals surface area contributed by atoms with Crippen LogP contribution in [0.2, 0.25) is 15.1 Å². The van der Waals surface area contributed by atoms with Gasteiger partial charge in [0, 0.05) is 23.2 Å². The van der Waals surface area contributed by atoms with Crippen molar-refractivity contribution in [3.05, 3.63) is 62.6 Å². The average molecular weight is 576 g/mol. The zero-order valence-corrected chi connectivity index (χ0v) is 21.8. The topological polar surface area (TPSA) is 147 Å². The van der Waals surface area contributed by atoms with Crippen LogP contribution in [0.5, 0.6) is 5.75 Å². The minimum atomic E-state index is -1.09. The van der Waals surface area contributed by atoms with E-state index in [-0.39, 0.29) is 33.7 Å². The number of nitrogens with two attached hydrogens (primary N) is 1. The van der Waals surface area contributed by atoms with E-state index in [0.717, 1.165) is 0 Å². The molecule has 2 atom stereocenters. The highest BCUT2D eigenvalue weighted by Gasteiger charge is 2.35. The molecule has 1 saturated heterocycles. The Morgan fingerprint density at radius 1 is 1.11 bits per heavy atom. The molecule has 0 bridgehead atoms. The lowest BCUT2D eigenvalue weighted by Gasteiger charge is -2.18. The smallest absolute Gasteiger partial charge is 0.346 e. The van der Waals surface area contributed by atoms with Gasteiger partial charge in [0.2, 0.25) is 5.91 Å². The molecule has 2 aromatic rings. The molecule has 1 aliphatic rings. The van der Waals surface area contributed by atoms with E-state index in [1.807, 2.05) is 0 Å². The second-order valence-corrected chi connectivity index (χ2v) is 9.50. The van der Waals surface area contributed by atoms with Crippen molar-refractivity contribution in [2.45, 2.75) is 31.8 Å². The zero-order valence-electron chi connectivity index (χ0n) is 18.7. The molecule has 36 heavy (non-hydrogen) atoms. The molecule has 9 nitrogen and oxygen atoms in total. The van der Waals surface area contributed by atoms with Gasteiger partial charge in [0.05, 0.1) is 22.2 Å². The van der Waals surface area contributed by atoms with Gasteiger partial charge < -0.3 is 25.6 Å². The highest BCUT2D eigenvalue weighted by molar-refractivity contribution is 7.80. The van der Waals surface area contributed by atoms with E-state index in [9.17, 15) is 19.2 Å². The number of carboxylic acid groups (broad SMARTS) is 2. The number of hydrogen-bond donors (Lipinski definition) is 3. The van der Waals surface area contributed by atoms with Gasteiger partial charge in [0.15, 0.2) is 0 Å². The van der Waals surface area contributed by atoms with Gasteiger partial charge in [-0.15, -0.1) is 0 Å². The van der Waals surface area contributed by atoms with Crippen molar-refractivity contribution < 1.29 is 34.1 Å². The van der Waals surface area contributed by atoms with Crippen LogP contribution in [0.25, 0.3) is 0 Å². The first-order chi connectivity index (χ1) is 16.8. The molecule has 13 heteroatoms. The molecule has 0 aromatic heterocycles. The van der Waals surface area contributed by atoms with Crippen LogP contribution in [-0.4, -0.2) is 62.4 Å². The third-order valence-corrected chi connectivity index (χ3v) is 6.06. The molecular weight excluding hydrogens is 555 g/mol. The summed E-state index contributed by atoms with van der Waals surface area (Å²) in [6, 6.07) is 7.34. The monoisotopic (exact) mass is 574 g/mol. The SMILES string of the molecule is CC(=O)N1CC(=S)C[C@H]1C(=O)O.N[C@@H](Cc1ccc(OC(=O)c2c(Cl)cc(Cl)cc2Cl)cc1)C(=O)O. The lowest BCUT2D eigenvalue weighted by atomic mass is 10.1. The summed E-state index contributed by atoms with van der Waals surface area (Å²) in [5.74, 6) is -2.77. The molecule has 1 aliphatic heterocycles. The quantitative estimate of drug-likeness (QED) is 0.265. The number of carbonyl (C=O) groups is 4. The Morgan fingerprint density at radius 2 is 1.67 bits per heavy atom. The Balaban J connectivity index is 0.000000319. The standard InChI is InChI=1S/C16H12Cl3NO4.C7H9NO3S/c17-9-6-11(18)14(12(19)7-9)16(23)24-10-3-1-8(2-4-10)5-13(20)15(21)22;1-4(9)8-3-5(12)2-6(8)7(10)11/h1-4,6-7,13H,5,20H2,(H,21,22);6H,2-3H2,1H3,(H,10,11)/t13-;6-/m00/s1. The highest BCUT2D eigenvalue weighted by atomic mass is 35.5. The minimum Gasteiger partial charge on any atom is -0.480 e. The van der Waals surface area contributed by atoms with E-state index >= 15 is 0 Å². The summed E-state index contributed by atoms with van der Waals surface area (Å²) in [5, 5.41) is 18.0. The van der Waals surface area contributed by atoms with Crippen LogP contribution >= 0.6 is 47.0 Å². The molecular formula is C23H21Cl3N2O7S. The van der Waals surface area contributed by atoms with Crippen molar-refractivity contribution in [1.82, 2.24) is 4.90 Å². The summed E-state index contributed by atoms with van der Waals surface area (Å²) in [6.07, 6.45) is 0.475. The van der Waals surface area contributed by atoms with Gasteiger partial charge in [-0.05, 0) is 36.2 Å². The third kappa shape index (κ3) is 8.14. The van der Waals surface area contributed by atoms with Gasteiger partial charge in [-0.2, -0.15) is 0 Å². The van der Waals surface area contributed by atoms with Crippen LogP contribution in [0.1, 0.15) is 29.3 Å². The number of thiocarbonyl (C=S) groups is 1. The van der Waals surface area contributed by atoms with Crippen molar-refractivity contribution in [3.8, 4) is 5.75 Å². The van der Waals surface area contributed by atoms with Gasteiger partial charge in [0.25, 0.3) is 0 Å². The number of aliphatic carboxylic acids is 2. The number of amides is 1.